The molecule has 3 aromatic rings. The molecule has 0 spiro atoms. The van der Waals surface area contributed by atoms with Gasteiger partial charge < -0.3 is 24.7 Å². The van der Waals surface area contributed by atoms with Gasteiger partial charge in [0.15, 0.2) is 0 Å². The molecular formula is C26H29N3O6. The average Bonchev–Trinajstić information content (AvgIpc) is 3.13. The Labute approximate surface area is 203 Å². The number of nitrogens with zero attached hydrogens (tertiary/aromatic N) is 3. The summed E-state index contributed by atoms with van der Waals surface area (Å²) in [5.74, 6) is -1.30. The molecule has 0 atom stereocenters. The molecule has 1 amide bonds. The Morgan fingerprint density at radius 1 is 0.914 bits per heavy atom. The van der Waals surface area contributed by atoms with E-state index in [0.717, 1.165) is 10.1 Å². The van der Waals surface area contributed by atoms with Crippen LogP contribution in [0.4, 0.5) is 15.3 Å². The van der Waals surface area contributed by atoms with Crippen molar-refractivity contribution in [3.63, 3.8) is 0 Å². The number of hydrogen-bond acceptors (Lipinski definition) is 5. The number of rotatable bonds is 4. The van der Waals surface area contributed by atoms with E-state index in [1.165, 1.54) is 0 Å². The third-order valence-corrected chi connectivity index (χ3v) is 5.96. The molecule has 0 aliphatic carbocycles. The molecule has 1 aromatic heterocycles. The molecule has 184 valence electrons. The van der Waals surface area contributed by atoms with E-state index in [1.54, 1.807) is 17.0 Å². The van der Waals surface area contributed by atoms with Crippen LogP contribution in [-0.2, 0) is 11.2 Å². The number of carboxylic acid groups (broad SMARTS) is 2. The Hall–Kier alpha value is -4.01. The highest BCUT2D eigenvalue weighted by Gasteiger charge is 2.31. The number of aromatic carboxylic acids is 1. The fourth-order valence-electron chi connectivity index (χ4n) is 4.49. The lowest BCUT2D eigenvalue weighted by Crippen LogP contribution is -2.50. The van der Waals surface area contributed by atoms with Gasteiger partial charge in [-0.15, -0.1) is 0 Å². The molecule has 9 heteroatoms. The molecule has 0 radical (unpaired) electrons. The summed E-state index contributed by atoms with van der Waals surface area (Å²) >= 11 is 0. The lowest BCUT2D eigenvalue weighted by molar-refractivity contribution is 0.0240. The summed E-state index contributed by atoms with van der Waals surface area (Å²) in [6, 6.07) is 14.7. The zero-order chi connectivity index (χ0) is 25.3. The molecule has 1 fully saturated rings. The summed E-state index contributed by atoms with van der Waals surface area (Å²) in [5, 5.41) is 20.6. The zero-order valence-corrected chi connectivity index (χ0v) is 20.0. The van der Waals surface area contributed by atoms with E-state index in [2.05, 4.69) is 0 Å². The minimum absolute atomic E-state index is 0.254. The predicted octanol–water partition coefficient (Wildman–Crippen LogP) is 4.51. The number of ether oxygens (including phenoxy) is 1. The predicted molar refractivity (Wildman–Crippen MR) is 132 cm³/mol. The Kier molecular flexibility index (Phi) is 6.43. The van der Waals surface area contributed by atoms with Crippen molar-refractivity contribution in [3.05, 3.63) is 65.4 Å². The van der Waals surface area contributed by atoms with Gasteiger partial charge in [-0.25, -0.2) is 19.0 Å². The van der Waals surface area contributed by atoms with Crippen molar-refractivity contribution in [1.29, 1.82) is 0 Å². The van der Waals surface area contributed by atoms with Gasteiger partial charge >= 0.3 is 18.2 Å². The van der Waals surface area contributed by atoms with Crippen LogP contribution in [0.2, 0.25) is 0 Å². The van der Waals surface area contributed by atoms with E-state index >= 15 is 0 Å². The molecule has 2 aromatic carbocycles. The molecule has 1 saturated heterocycles. The summed E-state index contributed by atoms with van der Waals surface area (Å²) in [6.45, 7) is 7.17. The minimum atomic E-state index is -1.36. The summed E-state index contributed by atoms with van der Waals surface area (Å²) in [7, 11) is 0. The van der Waals surface area contributed by atoms with E-state index in [9.17, 15) is 24.6 Å². The van der Waals surface area contributed by atoms with Crippen molar-refractivity contribution in [2.24, 2.45) is 0 Å². The van der Waals surface area contributed by atoms with Gasteiger partial charge in [-0.05, 0) is 38.0 Å². The van der Waals surface area contributed by atoms with Crippen LogP contribution in [0.15, 0.2) is 48.5 Å². The number of carbonyl (C=O) groups excluding carboxylic acids is 1. The van der Waals surface area contributed by atoms with Crippen LogP contribution in [-0.4, -0.2) is 69.6 Å². The number of carboxylic acids is 1. The number of amides is 1. The van der Waals surface area contributed by atoms with Crippen LogP contribution in [0, 0.1) is 0 Å². The average molecular weight is 480 g/mol. The van der Waals surface area contributed by atoms with Gasteiger partial charge in [0.05, 0.1) is 11.2 Å². The van der Waals surface area contributed by atoms with Crippen LogP contribution in [0.1, 0.15) is 42.4 Å². The highest BCUT2D eigenvalue weighted by Crippen LogP contribution is 2.35. The zero-order valence-electron chi connectivity index (χ0n) is 20.0. The van der Waals surface area contributed by atoms with Crippen molar-refractivity contribution in [3.8, 4) is 0 Å². The van der Waals surface area contributed by atoms with Crippen molar-refractivity contribution in [2.75, 3.05) is 31.1 Å². The second-order valence-electron chi connectivity index (χ2n) is 9.54. The summed E-state index contributed by atoms with van der Waals surface area (Å²) in [4.78, 5) is 40.7. The highest BCUT2D eigenvalue weighted by molar-refractivity contribution is 6.07. The highest BCUT2D eigenvalue weighted by atomic mass is 16.6. The number of fused-ring (bicyclic) bond motifs is 1. The number of piperazine rings is 1. The number of carbonyl (C=O) groups is 3. The monoisotopic (exact) mass is 479 g/mol. The van der Waals surface area contributed by atoms with Crippen molar-refractivity contribution in [2.45, 2.75) is 32.8 Å². The van der Waals surface area contributed by atoms with Gasteiger partial charge in [0.25, 0.3) is 0 Å². The smallest absolute Gasteiger partial charge is 0.416 e. The van der Waals surface area contributed by atoms with Crippen LogP contribution in [0.3, 0.4) is 0 Å². The lowest BCUT2D eigenvalue weighted by Gasteiger charge is -2.37. The van der Waals surface area contributed by atoms with Gasteiger partial charge in [0, 0.05) is 38.0 Å². The standard InChI is InChI=1S/C26H29N3O6/c1-26(2,3)35-25(34)28-14-12-27(13-15-28)20-11-7-10-18-19(16-17-8-5-4-6-9-17)22(23(30)31)29(21(18)20)24(32)33/h4-11H,12-16H2,1-3H3,(H,30,31)(H,32,33). The van der Waals surface area contributed by atoms with E-state index in [4.69, 9.17) is 4.74 Å². The topological polar surface area (TPSA) is 112 Å². The summed E-state index contributed by atoms with van der Waals surface area (Å²) < 4.78 is 6.34. The van der Waals surface area contributed by atoms with Gasteiger partial charge in [-0.2, -0.15) is 0 Å². The minimum Gasteiger partial charge on any atom is -0.477 e. The maximum atomic E-state index is 12.4. The largest absolute Gasteiger partial charge is 0.477 e. The number of hydrogen-bond donors (Lipinski definition) is 2. The Morgan fingerprint density at radius 2 is 1.57 bits per heavy atom. The van der Waals surface area contributed by atoms with E-state index in [-0.39, 0.29) is 18.2 Å². The van der Waals surface area contributed by atoms with Gasteiger partial charge in [0.2, 0.25) is 0 Å². The Balaban J connectivity index is 1.74. The number of para-hydroxylation sites is 1. The molecule has 4 rings (SSSR count). The SMILES string of the molecule is CC(C)(C)OC(=O)N1CCN(c2cccc3c(Cc4ccccc4)c(C(=O)O)n(C(=O)O)c23)CC1. The number of aromatic nitrogens is 1. The molecule has 0 saturated carbocycles. The van der Waals surface area contributed by atoms with Crippen LogP contribution in [0.5, 0.6) is 0 Å². The third-order valence-electron chi connectivity index (χ3n) is 5.96. The molecular weight excluding hydrogens is 450 g/mol. The molecule has 1 aliphatic heterocycles. The van der Waals surface area contributed by atoms with Gasteiger partial charge in [0.1, 0.15) is 11.3 Å². The fourth-order valence-corrected chi connectivity index (χ4v) is 4.49. The molecule has 1 aliphatic rings. The first-order valence-corrected chi connectivity index (χ1v) is 11.5. The Morgan fingerprint density at radius 3 is 2.14 bits per heavy atom. The second-order valence-corrected chi connectivity index (χ2v) is 9.54. The molecule has 0 unspecified atom stereocenters. The Bertz CT molecular complexity index is 1270. The van der Waals surface area contributed by atoms with E-state index < -0.39 is 17.7 Å². The maximum absolute atomic E-state index is 12.4. The van der Waals surface area contributed by atoms with Crippen LogP contribution < -0.4 is 4.90 Å². The first kappa shape index (κ1) is 24.1. The first-order valence-electron chi connectivity index (χ1n) is 11.5. The quantitative estimate of drug-likeness (QED) is 0.566. The molecule has 9 nitrogen and oxygen atoms in total. The van der Waals surface area contributed by atoms with E-state index in [1.807, 2.05) is 62.1 Å². The molecule has 2 heterocycles. The third kappa shape index (κ3) is 4.94. The maximum Gasteiger partial charge on any atom is 0.416 e. The summed E-state index contributed by atoms with van der Waals surface area (Å²) in [5.41, 5.74) is 1.46. The normalized spacial score (nSPS) is 14.3. The van der Waals surface area contributed by atoms with Crippen molar-refractivity contribution in [1.82, 2.24) is 9.47 Å². The number of benzene rings is 2. The van der Waals surface area contributed by atoms with Crippen molar-refractivity contribution < 1.29 is 29.3 Å². The van der Waals surface area contributed by atoms with Crippen LogP contribution >= 0.6 is 0 Å². The second kappa shape index (κ2) is 9.32. The van der Waals surface area contributed by atoms with Gasteiger partial charge in [-0.3, -0.25) is 0 Å². The van der Waals surface area contributed by atoms with Gasteiger partial charge in [-0.1, -0.05) is 42.5 Å². The fraction of sp³-hybridized carbons (Fsp3) is 0.346. The molecule has 35 heavy (non-hydrogen) atoms. The van der Waals surface area contributed by atoms with E-state index in [0.29, 0.717) is 48.3 Å². The van der Waals surface area contributed by atoms with Crippen LogP contribution in [0.25, 0.3) is 10.9 Å². The van der Waals surface area contributed by atoms with Crippen molar-refractivity contribution >= 4 is 34.7 Å². The first-order chi connectivity index (χ1) is 16.6. The number of anilines is 1. The lowest BCUT2D eigenvalue weighted by atomic mass is 10.0. The molecule has 0 bridgehead atoms. The molecule has 2 N–H and O–H groups in total. The summed E-state index contributed by atoms with van der Waals surface area (Å²) in [6.07, 6.45) is -1.45.